The summed E-state index contributed by atoms with van der Waals surface area (Å²) in [6.45, 7) is 1.76. The summed E-state index contributed by atoms with van der Waals surface area (Å²) in [4.78, 5) is 24.8. The second-order valence-electron chi connectivity index (χ2n) is 4.79. The maximum absolute atomic E-state index is 13.7. The minimum Gasteiger partial charge on any atom is -0.268 e. The Morgan fingerprint density at radius 3 is 1.55 bits per heavy atom. The lowest BCUT2D eigenvalue weighted by atomic mass is 10.1. The molecule has 0 spiro atoms. The third-order valence-electron chi connectivity index (χ3n) is 3.39. The summed E-state index contributed by atoms with van der Waals surface area (Å²) < 4.78 is 54.0. The summed E-state index contributed by atoms with van der Waals surface area (Å²) in [5, 5.41) is 0. The Labute approximate surface area is 121 Å². The quantitative estimate of drug-likeness (QED) is 0.351. The molecular weight excluding hydrogens is 302 g/mol. The Morgan fingerprint density at radius 1 is 0.727 bits per heavy atom. The zero-order chi connectivity index (χ0) is 16.2. The van der Waals surface area contributed by atoms with Crippen molar-refractivity contribution in [2.24, 2.45) is 0 Å². The van der Waals surface area contributed by atoms with Crippen LogP contribution in [0.15, 0.2) is 24.3 Å². The average Bonchev–Trinajstić information content (AvgIpc) is 2.75. The molecule has 0 fully saturated rings. The van der Waals surface area contributed by atoms with Crippen LogP contribution in [0.2, 0.25) is 0 Å². The molecule has 0 atom stereocenters. The third kappa shape index (κ3) is 1.75. The van der Waals surface area contributed by atoms with E-state index in [2.05, 4.69) is 0 Å². The van der Waals surface area contributed by atoms with Crippen molar-refractivity contribution in [3.63, 3.8) is 0 Å². The number of hydrogen-bond donors (Lipinski definition) is 0. The van der Waals surface area contributed by atoms with Gasteiger partial charge in [0.25, 0.3) is 11.8 Å². The van der Waals surface area contributed by atoms with E-state index in [1.165, 1.54) is 12.1 Å². The Balaban J connectivity index is 2.23. The first-order chi connectivity index (χ1) is 10.3. The van der Waals surface area contributed by atoms with Gasteiger partial charge < -0.3 is 0 Å². The summed E-state index contributed by atoms with van der Waals surface area (Å²) in [5.41, 5.74) is -1.31. The minimum absolute atomic E-state index is 0.0522. The molecule has 0 N–H and O–H groups in total. The van der Waals surface area contributed by atoms with Gasteiger partial charge in [-0.25, -0.2) is 22.5 Å². The monoisotopic (exact) mass is 309 g/mol. The minimum atomic E-state index is -2.12. The summed E-state index contributed by atoms with van der Waals surface area (Å²) in [6.07, 6.45) is 0. The normalized spacial score (nSPS) is 13.8. The molecule has 3 rings (SSSR count). The molecule has 0 aromatic heterocycles. The molecule has 0 unspecified atom stereocenters. The summed E-state index contributed by atoms with van der Waals surface area (Å²) in [5.74, 6) is -10.5. The number of benzene rings is 2. The van der Waals surface area contributed by atoms with Gasteiger partial charge in [-0.15, -0.1) is 0 Å². The van der Waals surface area contributed by atoms with Gasteiger partial charge in [0.2, 0.25) is 0 Å². The lowest BCUT2D eigenvalue weighted by molar-refractivity contribution is 0.0924. The van der Waals surface area contributed by atoms with Crippen LogP contribution in [0.3, 0.4) is 0 Å². The number of halogens is 4. The van der Waals surface area contributed by atoms with Crippen molar-refractivity contribution in [3.8, 4) is 0 Å². The molecule has 1 heterocycles. The highest BCUT2D eigenvalue weighted by Gasteiger charge is 2.44. The highest BCUT2D eigenvalue weighted by molar-refractivity contribution is 6.34. The van der Waals surface area contributed by atoms with E-state index in [9.17, 15) is 27.2 Å². The maximum atomic E-state index is 13.7. The molecule has 22 heavy (non-hydrogen) atoms. The average molecular weight is 309 g/mol. The second-order valence-corrected chi connectivity index (χ2v) is 4.79. The van der Waals surface area contributed by atoms with Crippen molar-refractivity contribution >= 4 is 17.5 Å². The lowest BCUT2D eigenvalue weighted by Gasteiger charge is -2.13. The van der Waals surface area contributed by atoms with Gasteiger partial charge in [0.05, 0.1) is 16.8 Å². The Hall–Kier alpha value is -2.70. The number of carbonyl (C=O) groups is 2. The fourth-order valence-corrected chi connectivity index (χ4v) is 2.28. The van der Waals surface area contributed by atoms with Crippen LogP contribution in [0.1, 0.15) is 26.3 Å². The molecular formula is C15H7F4NO2. The first-order valence-electron chi connectivity index (χ1n) is 6.16. The molecule has 1 aliphatic rings. The predicted octanol–water partition coefficient (Wildman–Crippen LogP) is 3.35. The van der Waals surface area contributed by atoms with Crippen LogP contribution in [0.4, 0.5) is 23.2 Å². The molecule has 2 aromatic rings. The summed E-state index contributed by atoms with van der Waals surface area (Å²) >= 11 is 0. The van der Waals surface area contributed by atoms with Crippen LogP contribution in [-0.2, 0) is 0 Å². The number of amides is 2. The number of hydrogen-bond acceptors (Lipinski definition) is 2. The van der Waals surface area contributed by atoms with Gasteiger partial charge >= 0.3 is 0 Å². The van der Waals surface area contributed by atoms with Crippen LogP contribution in [0, 0.1) is 30.2 Å². The van der Waals surface area contributed by atoms with Crippen LogP contribution in [0.5, 0.6) is 0 Å². The molecule has 3 nitrogen and oxygen atoms in total. The zero-order valence-corrected chi connectivity index (χ0v) is 11.1. The van der Waals surface area contributed by atoms with Crippen molar-refractivity contribution in [3.05, 3.63) is 64.2 Å². The summed E-state index contributed by atoms with van der Waals surface area (Å²) in [6, 6.07) is 5.93. The number of rotatable bonds is 1. The number of nitrogens with zero attached hydrogens (tertiary/aromatic N) is 1. The smallest absolute Gasteiger partial charge is 0.268 e. The first kappa shape index (κ1) is 14.2. The highest BCUT2D eigenvalue weighted by Crippen LogP contribution is 2.34. The third-order valence-corrected chi connectivity index (χ3v) is 3.39. The number of anilines is 1. The fraction of sp³-hybridized carbons (Fsp3) is 0.0667. The molecule has 0 saturated heterocycles. The van der Waals surface area contributed by atoms with E-state index >= 15 is 0 Å². The molecule has 0 saturated carbocycles. The zero-order valence-electron chi connectivity index (χ0n) is 11.1. The Morgan fingerprint density at radius 2 is 1.14 bits per heavy atom. The van der Waals surface area contributed by atoms with Crippen molar-refractivity contribution in [2.75, 3.05) is 4.90 Å². The molecule has 2 amide bonds. The highest BCUT2D eigenvalue weighted by atomic mass is 19.2. The van der Waals surface area contributed by atoms with E-state index in [0.717, 1.165) is 5.56 Å². The van der Waals surface area contributed by atoms with Gasteiger partial charge in [0.1, 0.15) is 0 Å². The standard InChI is InChI=1S/C15H7F4NO2/c1-6-2-4-7(5-3-6)20-14(21)8-9(15(20)22)11(17)13(19)12(18)10(8)16/h2-5H,1H3. The van der Waals surface area contributed by atoms with Crippen LogP contribution < -0.4 is 4.90 Å². The van der Waals surface area contributed by atoms with Crippen molar-refractivity contribution < 1.29 is 27.2 Å². The number of fused-ring (bicyclic) bond motifs is 1. The van der Waals surface area contributed by atoms with Crippen molar-refractivity contribution in [1.29, 1.82) is 0 Å². The van der Waals surface area contributed by atoms with Gasteiger partial charge in [-0.2, -0.15) is 0 Å². The molecule has 0 radical (unpaired) electrons. The predicted molar refractivity (Wildman–Crippen MR) is 68.6 cm³/mol. The van der Waals surface area contributed by atoms with Gasteiger partial charge in [0, 0.05) is 0 Å². The SMILES string of the molecule is Cc1ccc(N2C(=O)c3c(F)c(F)c(F)c(F)c3C2=O)cc1. The van der Waals surface area contributed by atoms with Crippen LogP contribution in [0.25, 0.3) is 0 Å². The number of aryl methyl sites for hydroxylation is 1. The summed E-state index contributed by atoms with van der Waals surface area (Å²) in [7, 11) is 0. The van der Waals surface area contributed by atoms with Gasteiger partial charge in [0.15, 0.2) is 23.3 Å². The van der Waals surface area contributed by atoms with Crippen LogP contribution in [-0.4, -0.2) is 11.8 Å². The van der Waals surface area contributed by atoms with E-state index in [4.69, 9.17) is 0 Å². The van der Waals surface area contributed by atoms with E-state index in [-0.39, 0.29) is 5.69 Å². The maximum Gasteiger partial charge on any atom is 0.269 e. The Bertz CT molecular complexity index is 784. The van der Waals surface area contributed by atoms with Crippen LogP contribution >= 0.6 is 0 Å². The molecule has 0 aliphatic carbocycles. The van der Waals surface area contributed by atoms with E-state index in [0.29, 0.717) is 4.90 Å². The molecule has 7 heteroatoms. The molecule has 0 bridgehead atoms. The number of imide groups is 1. The van der Waals surface area contributed by atoms with E-state index in [1.54, 1.807) is 19.1 Å². The molecule has 2 aromatic carbocycles. The molecule has 112 valence electrons. The van der Waals surface area contributed by atoms with E-state index in [1.807, 2.05) is 0 Å². The second kappa shape index (κ2) is 4.66. The van der Waals surface area contributed by atoms with Gasteiger partial charge in [-0.1, -0.05) is 17.7 Å². The number of carbonyl (C=O) groups excluding carboxylic acids is 2. The van der Waals surface area contributed by atoms with Crippen molar-refractivity contribution in [1.82, 2.24) is 0 Å². The largest absolute Gasteiger partial charge is 0.269 e. The Kier molecular flexibility index (Phi) is 3.01. The molecule has 1 aliphatic heterocycles. The van der Waals surface area contributed by atoms with Crippen molar-refractivity contribution in [2.45, 2.75) is 6.92 Å². The van der Waals surface area contributed by atoms with E-state index < -0.39 is 46.2 Å². The van der Waals surface area contributed by atoms with Gasteiger partial charge in [-0.05, 0) is 19.1 Å². The first-order valence-corrected chi connectivity index (χ1v) is 6.16. The van der Waals surface area contributed by atoms with Gasteiger partial charge in [-0.3, -0.25) is 9.59 Å². The fourth-order valence-electron chi connectivity index (χ4n) is 2.28. The topological polar surface area (TPSA) is 37.4 Å². The lowest BCUT2D eigenvalue weighted by Crippen LogP contribution is -2.29.